The summed E-state index contributed by atoms with van der Waals surface area (Å²) in [7, 11) is -3.59. The molecular weight excluding hydrogens is 362 g/mol. The van der Waals surface area contributed by atoms with Gasteiger partial charge in [0.2, 0.25) is 10.0 Å². The Labute approximate surface area is 165 Å². The van der Waals surface area contributed by atoms with Crippen molar-refractivity contribution in [3.8, 4) is 0 Å². The molecule has 0 bridgehead atoms. The fourth-order valence-corrected chi connectivity index (χ4v) is 4.71. The van der Waals surface area contributed by atoms with E-state index < -0.39 is 10.0 Å². The largest absolute Gasteiger partial charge is 0.351 e. The number of aryl methyl sites for hydroxylation is 1. The maximum absolute atomic E-state index is 12.7. The molecule has 0 atom stereocenters. The third kappa shape index (κ3) is 6.02. The molecule has 0 saturated heterocycles. The fourth-order valence-electron chi connectivity index (χ4n) is 3.23. The summed E-state index contributed by atoms with van der Waals surface area (Å²) in [6.45, 7) is 16.0. The molecule has 0 unspecified atom stereocenters. The zero-order valence-electron chi connectivity index (χ0n) is 17.7. The molecule has 0 aliphatic carbocycles. The van der Waals surface area contributed by atoms with Crippen molar-refractivity contribution in [2.45, 2.75) is 65.4 Å². The number of sulfonamides is 1. The van der Waals surface area contributed by atoms with Crippen molar-refractivity contribution < 1.29 is 13.2 Å². The van der Waals surface area contributed by atoms with Crippen LogP contribution in [-0.4, -0.2) is 61.8 Å². The molecule has 1 aromatic rings. The Morgan fingerprint density at radius 3 is 2.11 bits per heavy atom. The highest BCUT2D eigenvalue weighted by molar-refractivity contribution is 7.89. The van der Waals surface area contributed by atoms with Gasteiger partial charge in [-0.15, -0.1) is 0 Å². The SMILES string of the molecule is CCN(CC)S(=O)(=O)c1ccc(C)c(C(=O)NCCN(C(C)C)C(C)C)c1. The molecule has 0 heterocycles. The smallest absolute Gasteiger partial charge is 0.251 e. The second-order valence-corrected chi connectivity index (χ2v) is 9.19. The van der Waals surface area contributed by atoms with Crippen LogP contribution >= 0.6 is 0 Å². The summed E-state index contributed by atoms with van der Waals surface area (Å²) in [6, 6.07) is 5.54. The van der Waals surface area contributed by atoms with Gasteiger partial charge in [-0.05, 0) is 52.3 Å². The van der Waals surface area contributed by atoms with Crippen LogP contribution in [0.3, 0.4) is 0 Å². The molecule has 27 heavy (non-hydrogen) atoms. The molecule has 1 N–H and O–H groups in total. The Kier molecular flexibility index (Phi) is 8.91. The molecule has 0 fully saturated rings. The predicted octanol–water partition coefficient (Wildman–Crippen LogP) is 2.87. The number of carbonyl (C=O) groups is 1. The summed E-state index contributed by atoms with van der Waals surface area (Å²) >= 11 is 0. The van der Waals surface area contributed by atoms with Gasteiger partial charge >= 0.3 is 0 Å². The molecule has 7 heteroatoms. The Hall–Kier alpha value is -1.44. The lowest BCUT2D eigenvalue weighted by Crippen LogP contribution is -2.42. The number of rotatable bonds is 10. The van der Waals surface area contributed by atoms with E-state index in [2.05, 4.69) is 37.9 Å². The van der Waals surface area contributed by atoms with Gasteiger partial charge in [-0.3, -0.25) is 9.69 Å². The molecule has 154 valence electrons. The van der Waals surface area contributed by atoms with Crippen LogP contribution in [0.4, 0.5) is 0 Å². The van der Waals surface area contributed by atoms with E-state index in [0.29, 0.717) is 37.3 Å². The monoisotopic (exact) mass is 397 g/mol. The van der Waals surface area contributed by atoms with Crippen LogP contribution in [0.25, 0.3) is 0 Å². The second-order valence-electron chi connectivity index (χ2n) is 7.25. The third-order valence-electron chi connectivity index (χ3n) is 4.78. The van der Waals surface area contributed by atoms with E-state index in [-0.39, 0.29) is 10.8 Å². The zero-order chi connectivity index (χ0) is 20.8. The Balaban J connectivity index is 2.95. The summed E-state index contributed by atoms with van der Waals surface area (Å²) in [5.41, 5.74) is 1.17. The van der Waals surface area contributed by atoms with Gasteiger partial charge < -0.3 is 5.32 Å². The molecule has 1 aromatic carbocycles. The standard InChI is InChI=1S/C20H35N3O3S/c1-8-22(9-2)27(25,26)18-11-10-17(7)19(14-18)20(24)21-12-13-23(15(3)4)16(5)6/h10-11,14-16H,8-9,12-13H2,1-7H3,(H,21,24). The number of hydrogen-bond acceptors (Lipinski definition) is 4. The van der Waals surface area contributed by atoms with Crippen LogP contribution in [0.1, 0.15) is 57.5 Å². The summed E-state index contributed by atoms with van der Waals surface area (Å²) in [4.78, 5) is 15.1. The van der Waals surface area contributed by atoms with Crippen molar-refractivity contribution in [1.29, 1.82) is 0 Å². The van der Waals surface area contributed by atoms with Gasteiger partial charge in [0.25, 0.3) is 5.91 Å². The van der Waals surface area contributed by atoms with E-state index in [4.69, 9.17) is 0 Å². The van der Waals surface area contributed by atoms with Gasteiger partial charge in [-0.1, -0.05) is 19.9 Å². The minimum Gasteiger partial charge on any atom is -0.351 e. The van der Waals surface area contributed by atoms with E-state index in [9.17, 15) is 13.2 Å². The van der Waals surface area contributed by atoms with E-state index in [1.165, 1.54) is 10.4 Å². The van der Waals surface area contributed by atoms with Gasteiger partial charge in [0.15, 0.2) is 0 Å². The van der Waals surface area contributed by atoms with Crippen LogP contribution in [0.5, 0.6) is 0 Å². The minimum atomic E-state index is -3.59. The highest BCUT2D eigenvalue weighted by Gasteiger charge is 2.23. The molecule has 0 spiro atoms. The quantitative estimate of drug-likeness (QED) is 0.659. The van der Waals surface area contributed by atoms with Crippen LogP contribution in [-0.2, 0) is 10.0 Å². The summed E-state index contributed by atoms with van der Waals surface area (Å²) in [5, 5.41) is 2.93. The van der Waals surface area contributed by atoms with Crippen LogP contribution in [0.15, 0.2) is 23.1 Å². The highest BCUT2D eigenvalue weighted by Crippen LogP contribution is 2.19. The van der Waals surface area contributed by atoms with Crippen molar-refractivity contribution in [3.63, 3.8) is 0 Å². The summed E-state index contributed by atoms with van der Waals surface area (Å²) < 4.78 is 26.8. The van der Waals surface area contributed by atoms with Crippen molar-refractivity contribution in [2.24, 2.45) is 0 Å². The Morgan fingerprint density at radius 2 is 1.63 bits per heavy atom. The average molecular weight is 398 g/mol. The number of hydrogen-bond donors (Lipinski definition) is 1. The fraction of sp³-hybridized carbons (Fsp3) is 0.650. The number of nitrogens with one attached hydrogen (secondary N) is 1. The summed E-state index contributed by atoms with van der Waals surface area (Å²) in [5.74, 6) is -0.239. The molecule has 0 aromatic heterocycles. The van der Waals surface area contributed by atoms with E-state index in [0.717, 1.165) is 12.1 Å². The third-order valence-corrected chi connectivity index (χ3v) is 6.82. The maximum atomic E-state index is 12.7. The Bertz CT molecular complexity index is 718. The molecule has 0 aliphatic rings. The first kappa shape index (κ1) is 23.6. The van der Waals surface area contributed by atoms with E-state index in [1.807, 2.05) is 6.92 Å². The summed E-state index contributed by atoms with van der Waals surface area (Å²) in [6.07, 6.45) is 0. The van der Waals surface area contributed by atoms with Gasteiger partial charge in [-0.25, -0.2) is 8.42 Å². The molecule has 0 saturated carbocycles. The first-order valence-corrected chi connectivity index (χ1v) is 11.1. The van der Waals surface area contributed by atoms with Crippen LogP contribution in [0, 0.1) is 6.92 Å². The van der Waals surface area contributed by atoms with Crippen molar-refractivity contribution in [3.05, 3.63) is 29.3 Å². The van der Waals surface area contributed by atoms with Crippen LogP contribution < -0.4 is 5.32 Å². The van der Waals surface area contributed by atoms with Gasteiger partial charge in [-0.2, -0.15) is 4.31 Å². The van der Waals surface area contributed by atoms with Crippen molar-refractivity contribution in [2.75, 3.05) is 26.2 Å². The maximum Gasteiger partial charge on any atom is 0.251 e. The first-order valence-electron chi connectivity index (χ1n) is 9.70. The molecule has 1 amide bonds. The molecule has 6 nitrogen and oxygen atoms in total. The minimum absolute atomic E-state index is 0.160. The zero-order valence-corrected chi connectivity index (χ0v) is 18.6. The first-order chi connectivity index (χ1) is 12.6. The number of amides is 1. The Morgan fingerprint density at radius 1 is 1.07 bits per heavy atom. The van der Waals surface area contributed by atoms with Crippen LogP contribution in [0.2, 0.25) is 0 Å². The molecule has 0 radical (unpaired) electrons. The van der Waals surface area contributed by atoms with Crippen molar-refractivity contribution >= 4 is 15.9 Å². The lowest BCUT2D eigenvalue weighted by atomic mass is 10.1. The topological polar surface area (TPSA) is 69.7 Å². The number of benzene rings is 1. The number of carbonyl (C=O) groups excluding carboxylic acids is 1. The van der Waals surface area contributed by atoms with E-state index in [1.54, 1.807) is 26.0 Å². The number of nitrogens with zero attached hydrogens (tertiary/aromatic N) is 2. The normalized spacial score (nSPS) is 12.4. The average Bonchev–Trinajstić information content (AvgIpc) is 2.58. The molecule has 1 rings (SSSR count). The van der Waals surface area contributed by atoms with Gasteiger partial charge in [0.05, 0.1) is 4.90 Å². The van der Waals surface area contributed by atoms with E-state index >= 15 is 0 Å². The highest BCUT2D eigenvalue weighted by atomic mass is 32.2. The van der Waals surface area contributed by atoms with Crippen molar-refractivity contribution in [1.82, 2.24) is 14.5 Å². The second kappa shape index (κ2) is 10.2. The van der Waals surface area contributed by atoms with Gasteiger partial charge in [0.1, 0.15) is 0 Å². The van der Waals surface area contributed by atoms with Gasteiger partial charge in [0, 0.05) is 43.8 Å². The lowest BCUT2D eigenvalue weighted by molar-refractivity contribution is 0.0938. The predicted molar refractivity (Wildman–Crippen MR) is 111 cm³/mol. The lowest BCUT2D eigenvalue weighted by Gasteiger charge is -2.30. The molecular formula is C20H35N3O3S. The molecule has 0 aliphatic heterocycles.